The summed E-state index contributed by atoms with van der Waals surface area (Å²) in [6.45, 7) is 2.50. The van der Waals surface area contributed by atoms with E-state index in [9.17, 15) is 18.0 Å². The molecule has 8 heteroatoms. The maximum atomic E-state index is 13.3. The van der Waals surface area contributed by atoms with Crippen molar-refractivity contribution >= 4 is 28.2 Å². The highest BCUT2D eigenvalue weighted by atomic mass is 19.4. The van der Waals surface area contributed by atoms with E-state index in [2.05, 4.69) is 10.3 Å². The molecule has 0 fully saturated rings. The van der Waals surface area contributed by atoms with Gasteiger partial charge in [0.15, 0.2) is 0 Å². The number of nitrogens with zero attached hydrogens (tertiary/aromatic N) is 2. The van der Waals surface area contributed by atoms with Gasteiger partial charge in [0.2, 0.25) is 5.88 Å². The molecule has 5 nitrogen and oxygen atoms in total. The Balaban J connectivity index is 1.98. The van der Waals surface area contributed by atoms with Crippen LogP contribution in [-0.2, 0) is 6.18 Å². The molecule has 0 radical (unpaired) electrons. The number of hydrogen-bond donors (Lipinski definition) is 1. The summed E-state index contributed by atoms with van der Waals surface area (Å²) in [6.07, 6.45) is -2.74. The Morgan fingerprint density at radius 2 is 1.87 bits per heavy atom. The molecule has 0 aliphatic rings. The number of rotatable bonds is 7. The summed E-state index contributed by atoms with van der Waals surface area (Å²) in [5, 5.41) is 3.19. The molecule has 3 rings (SSSR count). The minimum Gasteiger partial charge on any atom is -0.478 e. The maximum Gasteiger partial charge on any atom is 0.416 e. The first kappa shape index (κ1) is 22.4. The van der Waals surface area contributed by atoms with Gasteiger partial charge in [-0.2, -0.15) is 13.2 Å². The zero-order valence-electron chi connectivity index (χ0n) is 17.6. The van der Waals surface area contributed by atoms with E-state index in [1.165, 1.54) is 12.1 Å². The second-order valence-electron chi connectivity index (χ2n) is 7.34. The van der Waals surface area contributed by atoms with Gasteiger partial charge in [0.1, 0.15) is 0 Å². The van der Waals surface area contributed by atoms with Crippen LogP contribution in [0, 0.1) is 0 Å². The molecule has 1 heterocycles. The van der Waals surface area contributed by atoms with Crippen LogP contribution in [0.3, 0.4) is 0 Å². The third-order valence-electron chi connectivity index (χ3n) is 4.70. The number of amides is 1. The van der Waals surface area contributed by atoms with Gasteiger partial charge >= 0.3 is 6.18 Å². The number of halogens is 3. The standard InChI is InChI=1S/C23H24F3N3O2/c1-4-5-10-31-21-14-19(18-8-6-7-9-20(18)28-21)22(30)27-16-11-15(23(24,25)26)12-17(13-16)29(2)3/h6-9,11-14H,4-5,10H2,1-3H3,(H,27,30). The summed E-state index contributed by atoms with van der Waals surface area (Å²) in [4.78, 5) is 19.0. The Labute approximate surface area is 178 Å². The number of hydrogen-bond acceptors (Lipinski definition) is 4. The molecule has 0 unspecified atom stereocenters. The van der Waals surface area contributed by atoms with Gasteiger partial charge in [-0.15, -0.1) is 0 Å². The van der Waals surface area contributed by atoms with Gasteiger partial charge in [-0.3, -0.25) is 4.79 Å². The first-order chi connectivity index (χ1) is 14.7. The van der Waals surface area contributed by atoms with Crippen LogP contribution in [0.15, 0.2) is 48.5 Å². The zero-order chi connectivity index (χ0) is 22.6. The van der Waals surface area contributed by atoms with Gasteiger partial charge in [-0.25, -0.2) is 4.98 Å². The number of carbonyl (C=O) groups excluding carboxylic acids is 1. The first-order valence-corrected chi connectivity index (χ1v) is 9.92. The minimum atomic E-state index is -4.53. The molecule has 0 spiro atoms. The first-order valence-electron chi connectivity index (χ1n) is 9.92. The third kappa shape index (κ3) is 5.45. The Morgan fingerprint density at radius 1 is 1.13 bits per heavy atom. The van der Waals surface area contributed by atoms with Crippen LogP contribution >= 0.6 is 0 Å². The van der Waals surface area contributed by atoms with E-state index in [1.54, 1.807) is 43.3 Å². The molecule has 1 N–H and O–H groups in total. The lowest BCUT2D eigenvalue weighted by atomic mass is 10.1. The number of aromatic nitrogens is 1. The van der Waals surface area contributed by atoms with Crippen molar-refractivity contribution in [2.45, 2.75) is 25.9 Å². The minimum absolute atomic E-state index is 0.0536. The van der Waals surface area contributed by atoms with Gasteiger partial charge in [0.25, 0.3) is 5.91 Å². The fraction of sp³-hybridized carbons (Fsp3) is 0.304. The summed E-state index contributed by atoms with van der Waals surface area (Å²) in [5.41, 5.74) is 0.393. The van der Waals surface area contributed by atoms with Crippen molar-refractivity contribution in [3.05, 3.63) is 59.7 Å². The lowest BCUT2D eigenvalue weighted by molar-refractivity contribution is -0.137. The number of ether oxygens (including phenoxy) is 1. The number of anilines is 2. The summed E-state index contributed by atoms with van der Waals surface area (Å²) >= 11 is 0. The van der Waals surface area contributed by atoms with Crippen LogP contribution < -0.4 is 15.0 Å². The fourth-order valence-electron chi connectivity index (χ4n) is 3.04. The van der Waals surface area contributed by atoms with Gasteiger partial charge in [0.05, 0.1) is 23.3 Å². The molecule has 164 valence electrons. The van der Waals surface area contributed by atoms with E-state index in [-0.39, 0.29) is 11.3 Å². The molecule has 0 aliphatic heterocycles. The summed E-state index contributed by atoms with van der Waals surface area (Å²) in [6, 6.07) is 12.0. The average molecular weight is 431 g/mol. The molecule has 0 aliphatic carbocycles. The number of unbranched alkanes of at least 4 members (excludes halogenated alkanes) is 1. The normalized spacial score (nSPS) is 11.4. The highest BCUT2D eigenvalue weighted by Crippen LogP contribution is 2.34. The number of nitrogens with one attached hydrogen (secondary N) is 1. The van der Waals surface area contributed by atoms with Crippen molar-refractivity contribution in [2.75, 3.05) is 30.9 Å². The van der Waals surface area contributed by atoms with Crippen molar-refractivity contribution < 1.29 is 22.7 Å². The summed E-state index contributed by atoms with van der Waals surface area (Å²) in [7, 11) is 3.27. The summed E-state index contributed by atoms with van der Waals surface area (Å²) in [5.74, 6) is -0.238. The lowest BCUT2D eigenvalue weighted by Crippen LogP contribution is -2.16. The highest BCUT2D eigenvalue weighted by molar-refractivity contribution is 6.12. The molecule has 0 atom stereocenters. The molecule has 2 aromatic carbocycles. The molecular formula is C23H24F3N3O2. The van der Waals surface area contributed by atoms with Gasteiger partial charge in [-0.05, 0) is 30.7 Å². The average Bonchev–Trinajstić information content (AvgIpc) is 2.72. The Kier molecular flexibility index (Phi) is 6.68. The van der Waals surface area contributed by atoms with Crippen molar-refractivity contribution in [3.8, 4) is 5.88 Å². The van der Waals surface area contributed by atoms with Crippen LogP contribution in [0.5, 0.6) is 5.88 Å². The molecular weight excluding hydrogens is 407 g/mol. The molecule has 1 amide bonds. The number of pyridine rings is 1. The molecule has 0 bridgehead atoms. The smallest absolute Gasteiger partial charge is 0.416 e. The van der Waals surface area contributed by atoms with Crippen molar-refractivity contribution in [1.29, 1.82) is 0 Å². The van der Waals surface area contributed by atoms with E-state index in [1.807, 2.05) is 6.92 Å². The topological polar surface area (TPSA) is 54.5 Å². The van der Waals surface area contributed by atoms with Gasteiger partial charge in [0, 0.05) is 36.9 Å². The Hall–Kier alpha value is -3.29. The SMILES string of the molecule is CCCCOc1cc(C(=O)Nc2cc(N(C)C)cc(C(F)(F)F)c2)c2ccccc2n1. The number of benzene rings is 2. The van der Waals surface area contributed by atoms with E-state index in [4.69, 9.17) is 4.74 Å². The van der Waals surface area contributed by atoms with E-state index < -0.39 is 17.6 Å². The molecule has 1 aromatic heterocycles. The Morgan fingerprint density at radius 3 is 2.55 bits per heavy atom. The monoisotopic (exact) mass is 431 g/mol. The van der Waals surface area contributed by atoms with Crippen molar-refractivity contribution in [1.82, 2.24) is 4.98 Å². The van der Waals surface area contributed by atoms with Crippen LogP contribution in [0.25, 0.3) is 10.9 Å². The number of para-hydroxylation sites is 1. The largest absolute Gasteiger partial charge is 0.478 e. The number of fused-ring (bicyclic) bond motifs is 1. The maximum absolute atomic E-state index is 13.3. The van der Waals surface area contributed by atoms with Crippen LogP contribution in [0.2, 0.25) is 0 Å². The number of carbonyl (C=O) groups is 1. The van der Waals surface area contributed by atoms with Gasteiger partial charge in [-0.1, -0.05) is 31.5 Å². The predicted octanol–water partition coefficient (Wildman–Crippen LogP) is 5.75. The molecule has 0 saturated carbocycles. The zero-order valence-corrected chi connectivity index (χ0v) is 17.6. The van der Waals surface area contributed by atoms with E-state index in [0.29, 0.717) is 29.1 Å². The quantitative estimate of drug-likeness (QED) is 0.484. The van der Waals surface area contributed by atoms with E-state index >= 15 is 0 Å². The third-order valence-corrected chi connectivity index (χ3v) is 4.70. The second-order valence-corrected chi connectivity index (χ2v) is 7.34. The Bertz CT molecular complexity index is 1080. The van der Waals surface area contributed by atoms with Crippen molar-refractivity contribution in [2.24, 2.45) is 0 Å². The van der Waals surface area contributed by atoms with E-state index in [0.717, 1.165) is 25.0 Å². The molecule has 31 heavy (non-hydrogen) atoms. The predicted molar refractivity (Wildman–Crippen MR) is 116 cm³/mol. The fourth-order valence-corrected chi connectivity index (χ4v) is 3.04. The van der Waals surface area contributed by atoms with Crippen LogP contribution in [-0.4, -0.2) is 31.6 Å². The van der Waals surface area contributed by atoms with Crippen LogP contribution in [0.1, 0.15) is 35.7 Å². The van der Waals surface area contributed by atoms with Crippen molar-refractivity contribution in [3.63, 3.8) is 0 Å². The molecule has 3 aromatic rings. The number of alkyl halides is 3. The lowest BCUT2D eigenvalue weighted by Gasteiger charge is -2.18. The van der Waals surface area contributed by atoms with Gasteiger partial charge < -0.3 is 15.0 Å². The second kappa shape index (κ2) is 9.24. The molecule has 0 saturated heterocycles. The van der Waals surface area contributed by atoms with Crippen LogP contribution in [0.4, 0.5) is 24.5 Å². The highest BCUT2D eigenvalue weighted by Gasteiger charge is 2.31. The summed E-state index contributed by atoms with van der Waals surface area (Å²) < 4.78 is 45.6.